The summed E-state index contributed by atoms with van der Waals surface area (Å²) in [6, 6.07) is 1.74. The number of anilines is 2. The van der Waals surface area contributed by atoms with Crippen molar-refractivity contribution in [2.24, 2.45) is 0 Å². The van der Waals surface area contributed by atoms with Crippen LogP contribution in [0.15, 0.2) is 23.8 Å². The maximum atomic E-state index is 12.1. The normalized spacial score (nSPS) is 10.2. The lowest BCUT2D eigenvalue weighted by atomic mass is 10.4. The Labute approximate surface area is 115 Å². The summed E-state index contributed by atoms with van der Waals surface area (Å²) in [5.41, 5.74) is 0.451. The van der Waals surface area contributed by atoms with E-state index in [2.05, 4.69) is 20.3 Å². The summed E-state index contributed by atoms with van der Waals surface area (Å²) in [6.45, 7) is 5.25. The molecule has 2 aromatic heterocycles. The quantitative estimate of drug-likeness (QED) is 0.906. The van der Waals surface area contributed by atoms with Crippen molar-refractivity contribution in [1.29, 1.82) is 0 Å². The van der Waals surface area contributed by atoms with Crippen LogP contribution in [-0.2, 0) is 0 Å². The van der Waals surface area contributed by atoms with Gasteiger partial charge in [0.1, 0.15) is 5.69 Å². The fraction of sp³-hybridized carbons (Fsp3) is 0.333. The molecule has 0 saturated carbocycles. The third kappa shape index (κ3) is 3.25. The second-order valence-electron chi connectivity index (χ2n) is 3.71. The SMILES string of the molecule is CCN(CC)C(=O)c1csc(Nc2ncccn2)n1. The van der Waals surface area contributed by atoms with Crippen molar-refractivity contribution in [3.05, 3.63) is 29.5 Å². The number of hydrogen-bond donors (Lipinski definition) is 1. The summed E-state index contributed by atoms with van der Waals surface area (Å²) < 4.78 is 0. The zero-order valence-electron chi connectivity index (χ0n) is 10.8. The van der Waals surface area contributed by atoms with E-state index in [0.717, 1.165) is 0 Å². The van der Waals surface area contributed by atoms with Gasteiger partial charge in [-0.2, -0.15) is 0 Å². The standard InChI is InChI=1S/C12H15N5OS/c1-3-17(4-2)10(18)9-8-19-12(15-9)16-11-13-6-5-7-14-11/h5-8H,3-4H2,1-2H3,(H,13,14,15,16). The highest BCUT2D eigenvalue weighted by Crippen LogP contribution is 2.19. The fourth-order valence-corrected chi connectivity index (χ4v) is 2.24. The molecule has 0 radical (unpaired) electrons. The Morgan fingerprint density at radius 2 is 2.00 bits per heavy atom. The van der Waals surface area contributed by atoms with E-state index in [1.165, 1.54) is 11.3 Å². The number of aromatic nitrogens is 3. The van der Waals surface area contributed by atoms with Crippen LogP contribution in [-0.4, -0.2) is 38.8 Å². The summed E-state index contributed by atoms with van der Waals surface area (Å²) in [4.78, 5) is 26.2. The molecule has 0 bridgehead atoms. The monoisotopic (exact) mass is 277 g/mol. The Hall–Kier alpha value is -2.02. The number of amides is 1. The summed E-state index contributed by atoms with van der Waals surface area (Å²) in [6.07, 6.45) is 3.29. The molecule has 2 aromatic rings. The molecule has 0 aromatic carbocycles. The maximum Gasteiger partial charge on any atom is 0.273 e. The van der Waals surface area contributed by atoms with Crippen LogP contribution in [0.3, 0.4) is 0 Å². The number of carbonyl (C=O) groups excluding carboxylic acids is 1. The van der Waals surface area contributed by atoms with Crippen LogP contribution >= 0.6 is 11.3 Å². The second-order valence-corrected chi connectivity index (χ2v) is 4.57. The molecule has 2 heterocycles. The smallest absolute Gasteiger partial charge is 0.273 e. The molecule has 0 aliphatic rings. The minimum atomic E-state index is -0.0525. The highest BCUT2D eigenvalue weighted by Gasteiger charge is 2.16. The van der Waals surface area contributed by atoms with Crippen molar-refractivity contribution in [2.75, 3.05) is 18.4 Å². The minimum Gasteiger partial charge on any atom is -0.338 e. The van der Waals surface area contributed by atoms with E-state index in [0.29, 0.717) is 29.9 Å². The highest BCUT2D eigenvalue weighted by atomic mass is 32.1. The molecule has 1 N–H and O–H groups in total. The number of carbonyl (C=O) groups is 1. The molecule has 0 unspecified atom stereocenters. The molecule has 0 atom stereocenters. The molecule has 100 valence electrons. The van der Waals surface area contributed by atoms with Gasteiger partial charge in [-0.1, -0.05) is 0 Å². The minimum absolute atomic E-state index is 0.0525. The van der Waals surface area contributed by atoms with Crippen molar-refractivity contribution in [1.82, 2.24) is 19.9 Å². The Bertz CT molecular complexity index is 538. The van der Waals surface area contributed by atoms with Gasteiger partial charge in [-0.25, -0.2) is 15.0 Å². The summed E-state index contributed by atoms with van der Waals surface area (Å²) in [5.74, 6) is 0.418. The molecule has 0 fully saturated rings. The third-order valence-corrected chi connectivity index (χ3v) is 3.32. The number of nitrogens with one attached hydrogen (secondary N) is 1. The van der Waals surface area contributed by atoms with Crippen LogP contribution in [0, 0.1) is 0 Å². The van der Waals surface area contributed by atoms with Crippen LogP contribution < -0.4 is 5.32 Å². The molecule has 7 heteroatoms. The molecule has 1 amide bonds. The molecule has 0 aliphatic heterocycles. The topological polar surface area (TPSA) is 71.0 Å². The van der Waals surface area contributed by atoms with Gasteiger partial charge in [-0.05, 0) is 19.9 Å². The van der Waals surface area contributed by atoms with Crippen molar-refractivity contribution >= 4 is 28.3 Å². The molecule has 6 nitrogen and oxygen atoms in total. The van der Waals surface area contributed by atoms with E-state index in [1.54, 1.807) is 28.7 Å². The van der Waals surface area contributed by atoms with Crippen LogP contribution in [0.25, 0.3) is 0 Å². The van der Waals surface area contributed by atoms with Crippen molar-refractivity contribution < 1.29 is 4.79 Å². The molecular weight excluding hydrogens is 262 g/mol. The van der Waals surface area contributed by atoms with Crippen LogP contribution in [0.5, 0.6) is 0 Å². The largest absolute Gasteiger partial charge is 0.338 e. The van der Waals surface area contributed by atoms with Gasteiger partial charge in [0, 0.05) is 30.9 Å². The van der Waals surface area contributed by atoms with E-state index in [9.17, 15) is 4.79 Å². The summed E-state index contributed by atoms with van der Waals surface area (Å²) in [7, 11) is 0. The van der Waals surface area contributed by atoms with E-state index in [4.69, 9.17) is 0 Å². The molecule has 2 rings (SSSR count). The third-order valence-electron chi connectivity index (χ3n) is 2.56. The predicted molar refractivity (Wildman–Crippen MR) is 74.7 cm³/mol. The first-order chi connectivity index (χ1) is 9.24. The van der Waals surface area contributed by atoms with E-state index in [-0.39, 0.29) is 5.91 Å². The van der Waals surface area contributed by atoms with E-state index in [1.807, 2.05) is 13.8 Å². The zero-order valence-corrected chi connectivity index (χ0v) is 11.6. The number of rotatable bonds is 5. The van der Waals surface area contributed by atoms with Gasteiger partial charge in [0.2, 0.25) is 5.95 Å². The highest BCUT2D eigenvalue weighted by molar-refractivity contribution is 7.14. The van der Waals surface area contributed by atoms with Gasteiger partial charge in [0.05, 0.1) is 0 Å². The summed E-state index contributed by atoms with van der Waals surface area (Å²) >= 11 is 1.36. The average molecular weight is 277 g/mol. The van der Waals surface area contributed by atoms with Gasteiger partial charge in [0.15, 0.2) is 5.13 Å². The van der Waals surface area contributed by atoms with Gasteiger partial charge < -0.3 is 10.2 Å². The Morgan fingerprint density at radius 3 is 2.63 bits per heavy atom. The van der Waals surface area contributed by atoms with Crippen LogP contribution in [0.2, 0.25) is 0 Å². The lowest BCUT2D eigenvalue weighted by Gasteiger charge is -2.16. The van der Waals surface area contributed by atoms with Gasteiger partial charge >= 0.3 is 0 Å². The van der Waals surface area contributed by atoms with E-state index >= 15 is 0 Å². The first-order valence-corrected chi connectivity index (χ1v) is 6.91. The fourth-order valence-electron chi connectivity index (χ4n) is 1.56. The Morgan fingerprint density at radius 1 is 1.32 bits per heavy atom. The van der Waals surface area contributed by atoms with Crippen molar-refractivity contribution in [3.8, 4) is 0 Å². The Kier molecular flexibility index (Phi) is 4.40. The molecule has 19 heavy (non-hydrogen) atoms. The average Bonchev–Trinajstić information content (AvgIpc) is 2.89. The second kappa shape index (κ2) is 6.24. The lowest BCUT2D eigenvalue weighted by Crippen LogP contribution is -2.30. The Balaban J connectivity index is 2.09. The van der Waals surface area contributed by atoms with Crippen LogP contribution in [0.4, 0.5) is 11.1 Å². The molecule has 0 aliphatic carbocycles. The zero-order chi connectivity index (χ0) is 13.7. The van der Waals surface area contributed by atoms with Crippen LogP contribution in [0.1, 0.15) is 24.3 Å². The van der Waals surface area contributed by atoms with Crippen molar-refractivity contribution in [2.45, 2.75) is 13.8 Å². The van der Waals surface area contributed by atoms with Gasteiger partial charge in [-0.3, -0.25) is 4.79 Å². The first-order valence-electron chi connectivity index (χ1n) is 6.03. The molecule has 0 saturated heterocycles. The number of thiazole rings is 1. The summed E-state index contributed by atoms with van der Waals surface area (Å²) in [5, 5.41) is 5.32. The molecular formula is C12H15N5OS. The number of nitrogens with zero attached hydrogens (tertiary/aromatic N) is 4. The van der Waals surface area contributed by atoms with E-state index < -0.39 is 0 Å². The van der Waals surface area contributed by atoms with Gasteiger partial charge in [0.25, 0.3) is 5.91 Å². The first kappa shape index (κ1) is 13.4. The van der Waals surface area contributed by atoms with Crippen molar-refractivity contribution in [3.63, 3.8) is 0 Å². The maximum absolute atomic E-state index is 12.1. The number of hydrogen-bond acceptors (Lipinski definition) is 6. The molecule has 0 spiro atoms. The lowest BCUT2D eigenvalue weighted by molar-refractivity contribution is 0.0768. The predicted octanol–water partition coefficient (Wildman–Crippen LogP) is 2.16. The van der Waals surface area contributed by atoms with Gasteiger partial charge in [-0.15, -0.1) is 11.3 Å².